The third-order valence-corrected chi connectivity index (χ3v) is 5.95. The molecule has 2 N–H and O–H groups in total. The summed E-state index contributed by atoms with van der Waals surface area (Å²) >= 11 is 6.32. The second-order valence-electron chi connectivity index (χ2n) is 7.79. The van der Waals surface area contributed by atoms with Gasteiger partial charge in [0.2, 0.25) is 0 Å². The highest BCUT2D eigenvalue weighted by molar-refractivity contribution is 6.32. The third kappa shape index (κ3) is 5.02. The molecule has 0 bridgehead atoms. The van der Waals surface area contributed by atoms with Gasteiger partial charge in [-0.15, -0.1) is 10.2 Å². The van der Waals surface area contributed by atoms with Crippen LogP contribution >= 0.6 is 11.6 Å². The molecule has 2 aliphatic heterocycles. The summed E-state index contributed by atoms with van der Waals surface area (Å²) in [5.41, 5.74) is 0. The van der Waals surface area contributed by atoms with Crippen LogP contribution in [0.3, 0.4) is 0 Å². The molecule has 2 unspecified atom stereocenters. The number of aryl methyl sites for hydroxylation is 1. The van der Waals surface area contributed by atoms with Crippen molar-refractivity contribution in [3.63, 3.8) is 0 Å². The topological polar surface area (TPSA) is 92.5 Å². The van der Waals surface area contributed by atoms with Crippen LogP contribution in [0, 0.1) is 6.92 Å². The second-order valence-corrected chi connectivity index (χ2v) is 8.20. The van der Waals surface area contributed by atoms with Crippen LogP contribution in [0.15, 0.2) is 23.3 Å². The highest BCUT2D eigenvalue weighted by Crippen LogP contribution is 2.25. The van der Waals surface area contributed by atoms with Crippen LogP contribution in [0.25, 0.3) is 0 Å². The molecule has 2 fully saturated rings. The van der Waals surface area contributed by atoms with Gasteiger partial charge >= 0.3 is 0 Å². The molecule has 2 saturated heterocycles. The second kappa shape index (κ2) is 9.61. The first kappa shape index (κ1) is 20.9. The maximum atomic E-state index is 6.32. The Balaban J connectivity index is 1.40. The minimum atomic E-state index is 0.237. The number of nitrogens with one attached hydrogen (secondary N) is 2. The molecule has 30 heavy (non-hydrogen) atoms. The van der Waals surface area contributed by atoms with Crippen LogP contribution in [0.5, 0.6) is 0 Å². The van der Waals surface area contributed by atoms with Crippen LogP contribution in [0.2, 0.25) is 5.02 Å². The molecule has 0 spiro atoms. The van der Waals surface area contributed by atoms with Gasteiger partial charge in [0, 0.05) is 45.5 Å². The Labute approximate surface area is 181 Å². The number of ether oxygens (including phenoxy) is 1. The first-order valence-electron chi connectivity index (χ1n) is 10.5. The minimum Gasteiger partial charge on any atom is -0.376 e. The van der Waals surface area contributed by atoms with Crippen LogP contribution < -0.4 is 15.5 Å². The SMILES string of the molecule is Cc1nnc(CN=C(NCC2CCCO2)NC2CCN(c3ncccc3Cl)C2)n1C. The molecule has 0 aromatic carbocycles. The summed E-state index contributed by atoms with van der Waals surface area (Å²) in [4.78, 5) is 11.4. The van der Waals surface area contributed by atoms with Crippen molar-refractivity contribution in [2.24, 2.45) is 12.0 Å². The van der Waals surface area contributed by atoms with Gasteiger partial charge in [0.25, 0.3) is 0 Å². The molecule has 2 aliphatic rings. The minimum absolute atomic E-state index is 0.237. The van der Waals surface area contributed by atoms with Crippen molar-refractivity contribution in [1.29, 1.82) is 0 Å². The zero-order valence-corrected chi connectivity index (χ0v) is 18.3. The molecule has 0 aliphatic carbocycles. The van der Waals surface area contributed by atoms with E-state index in [4.69, 9.17) is 21.3 Å². The summed E-state index contributed by atoms with van der Waals surface area (Å²) in [7, 11) is 1.96. The predicted molar refractivity (Wildman–Crippen MR) is 117 cm³/mol. The van der Waals surface area contributed by atoms with Gasteiger partial charge in [0.15, 0.2) is 11.8 Å². The molecule has 10 heteroatoms. The van der Waals surface area contributed by atoms with E-state index in [2.05, 4.69) is 30.7 Å². The first-order valence-corrected chi connectivity index (χ1v) is 10.8. The van der Waals surface area contributed by atoms with Crippen molar-refractivity contribution in [2.45, 2.75) is 44.9 Å². The summed E-state index contributed by atoms with van der Waals surface area (Å²) in [6.07, 6.45) is 5.20. The van der Waals surface area contributed by atoms with E-state index >= 15 is 0 Å². The van der Waals surface area contributed by atoms with E-state index in [9.17, 15) is 0 Å². The van der Waals surface area contributed by atoms with Crippen molar-refractivity contribution in [3.8, 4) is 0 Å². The number of hydrogen-bond donors (Lipinski definition) is 2. The van der Waals surface area contributed by atoms with E-state index in [1.807, 2.05) is 30.7 Å². The van der Waals surface area contributed by atoms with Crippen molar-refractivity contribution in [1.82, 2.24) is 30.4 Å². The van der Waals surface area contributed by atoms with E-state index in [1.54, 1.807) is 6.20 Å². The molecule has 2 atom stereocenters. The fourth-order valence-electron chi connectivity index (χ4n) is 3.78. The molecule has 0 amide bonds. The number of anilines is 1. The molecule has 2 aromatic rings. The van der Waals surface area contributed by atoms with E-state index < -0.39 is 0 Å². The number of aromatic nitrogens is 4. The van der Waals surface area contributed by atoms with Crippen molar-refractivity contribution in [2.75, 3.05) is 31.1 Å². The van der Waals surface area contributed by atoms with E-state index in [0.717, 1.165) is 68.9 Å². The molecule has 9 nitrogen and oxygen atoms in total. The van der Waals surface area contributed by atoms with E-state index in [0.29, 0.717) is 11.6 Å². The number of nitrogens with zero attached hydrogens (tertiary/aromatic N) is 6. The molecule has 4 rings (SSSR count). The van der Waals surface area contributed by atoms with Gasteiger partial charge in [-0.1, -0.05) is 11.6 Å². The average molecular weight is 433 g/mol. The van der Waals surface area contributed by atoms with Gasteiger partial charge in [0.1, 0.15) is 18.2 Å². The zero-order chi connectivity index (χ0) is 20.9. The van der Waals surface area contributed by atoms with Crippen LogP contribution in [0.4, 0.5) is 5.82 Å². The summed E-state index contributed by atoms with van der Waals surface area (Å²) < 4.78 is 7.70. The van der Waals surface area contributed by atoms with Gasteiger partial charge in [0.05, 0.1) is 11.1 Å². The van der Waals surface area contributed by atoms with Crippen LogP contribution in [-0.2, 0) is 18.3 Å². The standard InChI is InChI=1S/C20H29ClN8O/c1-14-26-27-18(28(14)2)12-24-20(23-11-16-5-4-10-30-16)25-15-7-9-29(13-15)19-17(21)6-3-8-22-19/h3,6,8,15-16H,4-5,7,9-13H2,1-2H3,(H2,23,24,25). The number of aliphatic imine (C=N–C) groups is 1. The van der Waals surface area contributed by atoms with Crippen molar-refractivity contribution >= 4 is 23.4 Å². The first-order chi connectivity index (χ1) is 14.6. The molecule has 2 aromatic heterocycles. The predicted octanol–water partition coefficient (Wildman–Crippen LogP) is 1.67. The van der Waals surface area contributed by atoms with Crippen molar-refractivity contribution < 1.29 is 4.74 Å². The van der Waals surface area contributed by atoms with Gasteiger partial charge < -0.3 is 24.8 Å². The number of halogens is 1. The lowest BCUT2D eigenvalue weighted by atomic mass is 10.2. The van der Waals surface area contributed by atoms with Crippen molar-refractivity contribution in [3.05, 3.63) is 35.0 Å². The molecule has 0 saturated carbocycles. The van der Waals surface area contributed by atoms with Gasteiger partial charge in [-0.05, 0) is 38.3 Å². The van der Waals surface area contributed by atoms with Gasteiger partial charge in [-0.3, -0.25) is 0 Å². The Bertz CT molecular complexity index is 879. The molecule has 162 valence electrons. The summed E-state index contributed by atoms with van der Waals surface area (Å²) in [5.74, 6) is 3.31. The fourth-order valence-corrected chi connectivity index (χ4v) is 4.02. The maximum absolute atomic E-state index is 6.32. The average Bonchev–Trinajstić information content (AvgIpc) is 3.49. The summed E-state index contributed by atoms with van der Waals surface area (Å²) in [6.45, 7) is 5.70. The monoisotopic (exact) mass is 432 g/mol. The maximum Gasteiger partial charge on any atom is 0.192 e. The normalized spacial score (nSPS) is 22.0. The lowest BCUT2D eigenvalue weighted by Gasteiger charge is -2.21. The highest BCUT2D eigenvalue weighted by atomic mass is 35.5. The fraction of sp³-hybridized carbons (Fsp3) is 0.600. The number of pyridine rings is 1. The Hall–Kier alpha value is -2.39. The lowest BCUT2D eigenvalue weighted by Crippen LogP contribution is -2.46. The Morgan fingerprint density at radius 2 is 2.27 bits per heavy atom. The zero-order valence-electron chi connectivity index (χ0n) is 17.5. The van der Waals surface area contributed by atoms with Gasteiger partial charge in [-0.25, -0.2) is 9.98 Å². The number of guanidine groups is 1. The molecular formula is C20H29ClN8O. The van der Waals surface area contributed by atoms with Crippen LogP contribution in [0.1, 0.15) is 30.9 Å². The summed E-state index contributed by atoms with van der Waals surface area (Å²) in [5, 5.41) is 16.0. The Morgan fingerprint density at radius 3 is 3.00 bits per heavy atom. The summed E-state index contributed by atoms with van der Waals surface area (Å²) in [6, 6.07) is 3.98. The Kier molecular flexibility index (Phi) is 6.69. The molecule has 4 heterocycles. The number of rotatable bonds is 6. The van der Waals surface area contributed by atoms with Gasteiger partial charge in [-0.2, -0.15) is 0 Å². The van der Waals surface area contributed by atoms with Crippen LogP contribution in [-0.4, -0.2) is 64.1 Å². The molecular weight excluding hydrogens is 404 g/mol. The molecule has 0 radical (unpaired) electrons. The quantitative estimate of drug-likeness (QED) is 0.529. The lowest BCUT2D eigenvalue weighted by molar-refractivity contribution is 0.113. The smallest absolute Gasteiger partial charge is 0.192 e. The largest absolute Gasteiger partial charge is 0.376 e. The number of hydrogen-bond acceptors (Lipinski definition) is 6. The third-order valence-electron chi connectivity index (χ3n) is 5.65. The Morgan fingerprint density at radius 1 is 1.37 bits per heavy atom. The van der Waals surface area contributed by atoms with E-state index in [-0.39, 0.29) is 12.1 Å². The van der Waals surface area contributed by atoms with E-state index in [1.165, 1.54) is 0 Å². The highest BCUT2D eigenvalue weighted by Gasteiger charge is 2.26.